The van der Waals surface area contributed by atoms with Crippen molar-refractivity contribution < 1.29 is 14.0 Å². The van der Waals surface area contributed by atoms with Gasteiger partial charge in [0.15, 0.2) is 11.5 Å². The molecule has 0 bridgehead atoms. The largest absolute Gasteiger partial charge is 0.455 e. The molecule has 4 nitrogen and oxygen atoms in total. The smallest absolute Gasteiger partial charge is 0.291 e. The summed E-state index contributed by atoms with van der Waals surface area (Å²) in [5.74, 6) is 0.636. The predicted octanol–water partition coefficient (Wildman–Crippen LogP) is 4.56. The monoisotopic (exact) mass is 325 g/mol. The van der Waals surface area contributed by atoms with Crippen LogP contribution in [0.4, 0.5) is 5.69 Å². The Morgan fingerprint density at radius 3 is 2.50 bits per heavy atom. The highest BCUT2D eigenvalue weighted by Gasteiger charge is 2.37. The zero-order valence-corrected chi connectivity index (χ0v) is 14.7. The third kappa shape index (κ3) is 3.01. The number of hydrogen-bond acceptors (Lipinski definition) is 3. The van der Waals surface area contributed by atoms with Crippen LogP contribution in [-0.2, 0) is 12.8 Å². The van der Waals surface area contributed by atoms with Crippen LogP contribution in [0.5, 0.6) is 0 Å². The first-order valence-electron chi connectivity index (χ1n) is 8.36. The summed E-state index contributed by atoms with van der Waals surface area (Å²) in [7, 11) is 0. The highest BCUT2D eigenvalue weighted by molar-refractivity contribution is 6.07. The summed E-state index contributed by atoms with van der Waals surface area (Å²) in [5.41, 5.74) is 3.05. The topological polar surface area (TPSA) is 59.3 Å². The standard InChI is InChI=1S/C20H23NO3/c1-5-13-6-8-14(9-7-13)21-19(23)18-12(2)17-15(22)10-20(3,4)11-16(17)24-18/h6-9H,5,10-11H2,1-4H3,(H,21,23). The molecule has 4 heteroatoms. The maximum absolute atomic E-state index is 12.6. The van der Waals surface area contributed by atoms with Crippen LogP contribution < -0.4 is 5.32 Å². The fourth-order valence-electron chi connectivity index (χ4n) is 3.31. The molecular weight excluding hydrogens is 302 g/mol. The van der Waals surface area contributed by atoms with Crippen LogP contribution in [0.3, 0.4) is 0 Å². The number of fused-ring (bicyclic) bond motifs is 1. The molecule has 1 amide bonds. The summed E-state index contributed by atoms with van der Waals surface area (Å²) in [4.78, 5) is 25.0. The van der Waals surface area contributed by atoms with E-state index in [0.29, 0.717) is 29.7 Å². The number of hydrogen-bond donors (Lipinski definition) is 1. The first-order chi connectivity index (χ1) is 11.3. The molecule has 1 aliphatic rings. The number of carbonyl (C=O) groups is 2. The number of carbonyl (C=O) groups excluding carboxylic acids is 2. The van der Waals surface area contributed by atoms with Crippen molar-refractivity contribution >= 4 is 17.4 Å². The normalized spacial score (nSPS) is 15.9. The van der Waals surface area contributed by atoms with Crippen molar-refractivity contribution in [2.75, 3.05) is 5.32 Å². The lowest BCUT2D eigenvalue weighted by Gasteiger charge is -2.27. The Bertz CT molecular complexity index is 797. The van der Waals surface area contributed by atoms with Crippen molar-refractivity contribution in [2.24, 2.45) is 5.41 Å². The average molecular weight is 325 g/mol. The number of benzene rings is 1. The maximum Gasteiger partial charge on any atom is 0.291 e. The molecule has 0 fully saturated rings. The van der Waals surface area contributed by atoms with Crippen LogP contribution in [0.25, 0.3) is 0 Å². The number of ketones is 1. The molecule has 0 aliphatic heterocycles. The van der Waals surface area contributed by atoms with Gasteiger partial charge in [-0.1, -0.05) is 32.9 Å². The molecule has 1 aliphatic carbocycles. The van der Waals surface area contributed by atoms with E-state index >= 15 is 0 Å². The van der Waals surface area contributed by atoms with Crippen LogP contribution in [-0.4, -0.2) is 11.7 Å². The minimum Gasteiger partial charge on any atom is -0.455 e. The lowest BCUT2D eigenvalue weighted by molar-refractivity contribution is 0.0898. The summed E-state index contributed by atoms with van der Waals surface area (Å²) >= 11 is 0. The molecule has 1 aromatic heterocycles. The predicted molar refractivity (Wildman–Crippen MR) is 93.7 cm³/mol. The van der Waals surface area contributed by atoms with E-state index in [1.54, 1.807) is 6.92 Å². The van der Waals surface area contributed by atoms with E-state index in [1.807, 2.05) is 38.1 Å². The van der Waals surface area contributed by atoms with Crippen LogP contribution in [0, 0.1) is 12.3 Å². The van der Waals surface area contributed by atoms with Gasteiger partial charge in [-0.2, -0.15) is 0 Å². The van der Waals surface area contributed by atoms with E-state index in [1.165, 1.54) is 5.56 Å². The summed E-state index contributed by atoms with van der Waals surface area (Å²) in [5, 5.41) is 2.85. The van der Waals surface area contributed by atoms with E-state index in [4.69, 9.17) is 4.42 Å². The molecule has 1 aromatic carbocycles. The number of Topliss-reactive ketones (excluding diaryl/α,β-unsaturated/α-hetero) is 1. The number of rotatable bonds is 3. The zero-order valence-electron chi connectivity index (χ0n) is 14.7. The van der Waals surface area contributed by atoms with Crippen molar-refractivity contribution in [2.45, 2.75) is 47.0 Å². The molecule has 3 rings (SSSR count). The number of furan rings is 1. The lowest BCUT2D eigenvalue weighted by Crippen LogP contribution is -2.26. The van der Waals surface area contributed by atoms with Gasteiger partial charge < -0.3 is 9.73 Å². The van der Waals surface area contributed by atoms with Gasteiger partial charge in [-0.15, -0.1) is 0 Å². The molecule has 0 saturated heterocycles. The first kappa shape index (κ1) is 16.5. The molecule has 0 atom stereocenters. The fraction of sp³-hybridized carbons (Fsp3) is 0.400. The summed E-state index contributed by atoms with van der Waals surface area (Å²) < 4.78 is 5.79. The number of anilines is 1. The second-order valence-electron chi connectivity index (χ2n) is 7.30. The van der Waals surface area contributed by atoms with Gasteiger partial charge in [0.2, 0.25) is 0 Å². The molecule has 1 heterocycles. The Kier molecular flexibility index (Phi) is 4.08. The summed E-state index contributed by atoms with van der Waals surface area (Å²) in [6.45, 7) is 7.96. The fourth-order valence-corrected chi connectivity index (χ4v) is 3.31. The highest BCUT2D eigenvalue weighted by Crippen LogP contribution is 2.38. The van der Waals surface area contributed by atoms with E-state index < -0.39 is 0 Å². The third-order valence-corrected chi connectivity index (χ3v) is 4.60. The number of aryl methyl sites for hydroxylation is 1. The summed E-state index contributed by atoms with van der Waals surface area (Å²) in [6.07, 6.45) is 2.11. The molecule has 0 saturated carbocycles. The van der Waals surface area contributed by atoms with Crippen LogP contribution in [0.2, 0.25) is 0 Å². The van der Waals surface area contributed by atoms with Crippen molar-refractivity contribution in [3.05, 3.63) is 52.5 Å². The van der Waals surface area contributed by atoms with E-state index in [-0.39, 0.29) is 22.9 Å². The second-order valence-corrected chi connectivity index (χ2v) is 7.30. The Balaban J connectivity index is 1.87. The average Bonchev–Trinajstić information content (AvgIpc) is 2.83. The number of amides is 1. The van der Waals surface area contributed by atoms with Crippen molar-refractivity contribution in [1.82, 2.24) is 0 Å². The van der Waals surface area contributed by atoms with Gasteiger partial charge in [-0.05, 0) is 36.5 Å². The van der Waals surface area contributed by atoms with E-state index in [2.05, 4.69) is 12.2 Å². The molecule has 0 spiro atoms. The van der Waals surface area contributed by atoms with Gasteiger partial charge in [0.25, 0.3) is 5.91 Å². The minimum atomic E-state index is -0.309. The van der Waals surface area contributed by atoms with Crippen molar-refractivity contribution in [3.8, 4) is 0 Å². The summed E-state index contributed by atoms with van der Waals surface area (Å²) in [6, 6.07) is 7.73. The quantitative estimate of drug-likeness (QED) is 0.900. The lowest BCUT2D eigenvalue weighted by atomic mass is 9.76. The van der Waals surface area contributed by atoms with Gasteiger partial charge in [0.1, 0.15) is 5.76 Å². The number of nitrogens with one attached hydrogen (secondary N) is 1. The molecular formula is C20H23NO3. The highest BCUT2D eigenvalue weighted by atomic mass is 16.4. The van der Waals surface area contributed by atoms with Crippen LogP contribution in [0.15, 0.2) is 28.7 Å². The van der Waals surface area contributed by atoms with E-state index in [0.717, 1.165) is 12.1 Å². The molecule has 2 aromatic rings. The Morgan fingerprint density at radius 2 is 1.88 bits per heavy atom. The molecule has 126 valence electrons. The van der Waals surface area contributed by atoms with Gasteiger partial charge >= 0.3 is 0 Å². The second kappa shape index (κ2) is 5.93. The minimum absolute atomic E-state index is 0.0637. The van der Waals surface area contributed by atoms with Gasteiger partial charge in [-0.3, -0.25) is 9.59 Å². The van der Waals surface area contributed by atoms with Crippen molar-refractivity contribution in [3.63, 3.8) is 0 Å². The first-order valence-corrected chi connectivity index (χ1v) is 8.36. The van der Waals surface area contributed by atoms with Gasteiger partial charge in [0.05, 0.1) is 5.56 Å². The van der Waals surface area contributed by atoms with Gasteiger partial charge in [0, 0.05) is 24.1 Å². The Labute approximate surface area is 142 Å². The van der Waals surface area contributed by atoms with Gasteiger partial charge in [-0.25, -0.2) is 0 Å². The molecule has 0 unspecified atom stereocenters. The SMILES string of the molecule is CCc1ccc(NC(=O)c2oc3c(c2C)C(=O)CC(C)(C)C3)cc1. The molecule has 0 radical (unpaired) electrons. The van der Waals surface area contributed by atoms with Crippen LogP contribution >= 0.6 is 0 Å². The Hall–Kier alpha value is -2.36. The Morgan fingerprint density at radius 1 is 1.21 bits per heavy atom. The van der Waals surface area contributed by atoms with Crippen LogP contribution in [0.1, 0.15) is 65.0 Å². The molecule has 24 heavy (non-hydrogen) atoms. The van der Waals surface area contributed by atoms with Crippen molar-refractivity contribution in [1.29, 1.82) is 0 Å². The third-order valence-electron chi connectivity index (χ3n) is 4.60. The maximum atomic E-state index is 12.6. The molecule has 1 N–H and O–H groups in total. The zero-order chi connectivity index (χ0) is 17.5. The van der Waals surface area contributed by atoms with E-state index in [9.17, 15) is 9.59 Å².